The largest absolute Gasteiger partial charge is 0.381 e. The van der Waals surface area contributed by atoms with Crippen molar-refractivity contribution in [2.45, 2.75) is 49.5 Å². The Kier molecular flexibility index (Phi) is 8.08. The number of nitrogens with one attached hydrogen (secondary N) is 2. The number of carbonyl (C=O) groups excluding carboxylic acids is 2. The average Bonchev–Trinajstić information content (AvgIpc) is 2.79. The van der Waals surface area contributed by atoms with E-state index in [9.17, 15) is 18.0 Å². The molecule has 8 nitrogen and oxygen atoms in total. The van der Waals surface area contributed by atoms with Crippen LogP contribution in [0.15, 0.2) is 41.8 Å². The highest BCUT2D eigenvalue weighted by molar-refractivity contribution is 7.89. The van der Waals surface area contributed by atoms with Crippen LogP contribution in [-0.4, -0.2) is 62.9 Å². The minimum Gasteiger partial charge on any atom is -0.381 e. The summed E-state index contributed by atoms with van der Waals surface area (Å²) in [6.45, 7) is 8.16. The van der Waals surface area contributed by atoms with Gasteiger partial charge in [0.1, 0.15) is 0 Å². The van der Waals surface area contributed by atoms with Crippen LogP contribution in [0.2, 0.25) is 0 Å². The molecular formula is C23H33N3O5S. The van der Waals surface area contributed by atoms with Crippen LogP contribution >= 0.6 is 0 Å². The predicted octanol–water partition coefficient (Wildman–Crippen LogP) is 2.08. The molecule has 2 heterocycles. The number of nitrogens with zero attached hydrogens (tertiary/aromatic N) is 1. The van der Waals surface area contributed by atoms with Crippen molar-refractivity contribution in [2.24, 2.45) is 5.92 Å². The number of carbonyl (C=O) groups is 2. The van der Waals surface area contributed by atoms with Crippen molar-refractivity contribution in [1.82, 2.24) is 14.9 Å². The smallest absolute Gasteiger partial charge is 0.251 e. The van der Waals surface area contributed by atoms with E-state index in [1.54, 1.807) is 12.1 Å². The van der Waals surface area contributed by atoms with Crippen LogP contribution in [0.1, 0.15) is 49.4 Å². The third-order valence-electron chi connectivity index (χ3n) is 6.37. The molecule has 2 amide bonds. The molecule has 9 heteroatoms. The Balaban J connectivity index is 1.53. The summed E-state index contributed by atoms with van der Waals surface area (Å²) in [4.78, 5) is 24.2. The molecule has 1 aromatic rings. The van der Waals surface area contributed by atoms with Crippen molar-refractivity contribution in [2.75, 3.05) is 32.8 Å². The van der Waals surface area contributed by atoms with Crippen LogP contribution in [0.5, 0.6) is 0 Å². The summed E-state index contributed by atoms with van der Waals surface area (Å²) in [5, 5.41) is 5.80. The zero-order valence-electron chi connectivity index (χ0n) is 18.6. The van der Waals surface area contributed by atoms with E-state index in [1.807, 2.05) is 6.92 Å². The van der Waals surface area contributed by atoms with E-state index >= 15 is 0 Å². The molecular weight excluding hydrogens is 430 g/mol. The number of hydrogen-bond acceptors (Lipinski definition) is 5. The quantitative estimate of drug-likeness (QED) is 0.575. The first kappa shape index (κ1) is 24.4. The van der Waals surface area contributed by atoms with Gasteiger partial charge in [-0.15, -0.1) is 0 Å². The number of ether oxygens (including phenoxy) is 1. The molecule has 0 aromatic heterocycles. The van der Waals surface area contributed by atoms with Crippen LogP contribution in [0, 0.1) is 5.92 Å². The van der Waals surface area contributed by atoms with Gasteiger partial charge in [-0.25, -0.2) is 8.42 Å². The van der Waals surface area contributed by atoms with Crippen molar-refractivity contribution in [3.63, 3.8) is 0 Å². The van der Waals surface area contributed by atoms with Crippen LogP contribution < -0.4 is 10.6 Å². The molecule has 2 aliphatic rings. The van der Waals surface area contributed by atoms with Gasteiger partial charge in [0.05, 0.1) is 4.90 Å². The van der Waals surface area contributed by atoms with E-state index in [0.717, 1.165) is 32.5 Å². The van der Waals surface area contributed by atoms with Gasteiger partial charge in [0.25, 0.3) is 5.91 Å². The maximum Gasteiger partial charge on any atom is 0.251 e. The molecule has 2 saturated heterocycles. The van der Waals surface area contributed by atoms with Crippen molar-refractivity contribution in [3.05, 3.63) is 42.5 Å². The standard InChI is InChI=1S/C23H33N3O5S/c1-3-21(27)25-23(2)11-14-26(15-12-23)32(29,30)20-6-4-19(5-7-20)22(28)24-13-8-18-9-16-31-17-10-18/h3-7,18H,1,8-17H2,2H3,(H,24,28)(H,25,27). The van der Waals surface area contributed by atoms with Gasteiger partial charge in [0.2, 0.25) is 15.9 Å². The number of rotatable bonds is 8. The summed E-state index contributed by atoms with van der Waals surface area (Å²) in [6, 6.07) is 6.07. The summed E-state index contributed by atoms with van der Waals surface area (Å²) in [5.74, 6) is 0.117. The Morgan fingerprint density at radius 3 is 2.41 bits per heavy atom. The van der Waals surface area contributed by atoms with Gasteiger partial charge in [-0.3, -0.25) is 9.59 Å². The van der Waals surface area contributed by atoms with Crippen LogP contribution in [0.3, 0.4) is 0 Å². The molecule has 32 heavy (non-hydrogen) atoms. The van der Waals surface area contributed by atoms with Crippen LogP contribution in [0.25, 0.3) is 0 Å². The molecule has 0 aliphatic carbocycles. The molecule has 2 fully saturated rings. The highest BCUT2D eigenvalue weighted by Gasteiger charge is 2.36. The summed E-state index contributed by atoms with van der Waals surface area (Å²) < 4.78 is 32.8. The molecule has 2 N–H and O–H groups in total. The maximum absolute atomic E-state index is 13.0. The Morgan fingerprint density at radius 2 is 1.81 bits per heavy atom. The topological polar surface area (TPSA) is 105 Å². The molecule has 176 valence electrons. The van der Waals surface area contributed by atoms with Crippen molar-refractivity contribution in [3.8, 4) is 0 Å². The second-order valence-electron chi connectivity index (χ2n) is 8.78. The highest BCUT2D eigenvalue weighted by Crippen LogP contribution is 2.27. The molecule has 1 aromatic carbocycles. The van der Waals surface area contributed by atoms with Gasteiger partial charge in [-0.05, 0) is 75.3 Å². The first-order valence-electron chi connectivity index (χ1n) is 11.1. The van der Waals surface area contributed by atoms with Crippen LogP contribution in [0.4, 0.5) is 0 Å². The first-order valence-corrected chi connectivity index (χ1v) is 12.6. The van der Waals surface area contributed by atoms with Crippen molar-refractivity contribution in [1.29, 1.82) is 0 Å². The predicted molar refractivity (Wildman–Crippen MR) is 122 cm³/mol. The molecule has 0 saturated carbocycles. The zero-order valence-corrected chi connectivity index (χ0v) is 19.5. The Hall–Kier alpha value is -2.23. The third kappa shape index (κ3) is 6.17. The number of amides is 2. The normalized spacial score (nSPS) is 19.8. The van der Waals surface area contributed by atoms with Gasteiger partial charge >= 0.3 is 0 Å². The fourth-order valence-electron chi connectivity index (χ4n) is 4.15. The monoisotopic (exact) mass is 463 g/mol. The summed E-state index contributed by atoms with van der Waals surface area (Å²) in [6.07, 6.45) is 5.22. The number of benzene rings is 1. The van der Waals surface area contributed by atoms with E-state index in [4.69, 9.17) is 4.74 Å². The Bertz CT molecular complexity index is 915. The van der Waals surface area contributed by atoms with Gasteiger partial charge < -0.3 is 15.4 Å². The van der Waals surface area contributed by atoms with E-state index in [2.05, 4.69) is 17.2 Å². The Labute approximate surface area is 190 Å². The van der Waals surface area contributed by atoms with Gasteiger partial charge in [-0.1, -0.05) is 6.58 Å². The molecule has 0 atom stereocenters. The van der Waals surface area contributed by atoms with Gasteiger partial charge in [-0.2, -0.15) is 4.31 Å². The fourth-order valence-corrected chi connectivity index (χ4v) is 5.59. The summed E-state index contributed by atoms with van der Waals surface area (Å²) in [7, 11) is -3.66. The van der Waals surface area contributed by atoms with E-state index in [0.29, 0.717) is 44.0 Å². The summed E-state index contributed by atoms with van der Waals surface area (Å²) in [5.41, 5.74) is -0.0153. The third-order valence-corrected chi connectivity index (χ3v) is 8.28. The van der Waals surface area contributed by atoms with Crippen LogP contribution in [-0.2, 0) is 19.6 Å². The molecule has 0 radical (unpaired) electrons. The molecule has 2 aliphatic heterocycles. The minimum absolute atomic E-state index is 0.162. The Morgan fingerprint density at radius 1 is 1.19 bits per heavy atom. The zero-order chi connectivity index (χ0) is 23.2. The van der Waals surface area contributed by atoms with E-state index in [1.165, 1.54) is 22.5 Å². The maximum atomic E-state index is 13.0. The summed E-state index contributed by atoms with van der Waals surface area (Å²) >= 11 is 0. The van der Waals surface area contributed by atoms with Gasteiger partial charge in [0.15, 0.2) is 0 Å². The van der Waals surface area contributed by atoms with E-state index in [-0.39, 0.29) is 16.7 Å². The molecule has 0 spiro atoms. The number of piperidine rings is 1. The number of hydrogen-bond donors (Lipinski definition) is 2. The lowest BCUT2D eigenvalue weighted by Crippen LogP contribution is -2.53. The molecule has 0 bridgehead atoms. The highest BCUT2D eigenvalue weighted by atomic mass is 32.2. The minimum atomic E-state index is -3.66. The lowest BCUT2D eigenvalue weighted by atomic mass is 9.90. The van der Waals surface area contributed by atoms with Crippen molar-refractivity contribution < 1.29 is 22.7 Å². The SMILES string of the molecule is C=CC(=O)NC1(C)CCN(S(=O)(=O)c2ccc(C(=O)NCCC3CCOCC3)cc2)CC1. The second-order valence-corrected chi connectivity index (χ2v) is 10.7. The second kappa shape index (κ2) is 10.6. The van der Waals surface area contributed by atoms with Gasteiger partial charge in [0, 0.05) is 44.0 Å². The molecule has 3 rings (SSSR count). The fraction of sp³-hybridized carbons (Fsp3) is 0.565. The average molecular weight is 464 g/mol. The lowest BCUT2D eigenvalue weighted by molar-refractivity contribution is -0.118. The van der Waals surface area contributed by atoms with Crippen molar-refractivity contribution >= 4 is 21.8 Å². The van der Waals surface area contributed by atoms with E-state index < -0.39 is 15.6 Å². The molecule has 0 unspecified atom stereocenters. The lowest BCUT2D eigenvalue weighted by Gasteiger charge is -2.39. The number of sulfonamides is 1. The first-order chi connectivity index (χ1) is 15.2.